The summed E-state index contributed by atoms with van der Waals surface area (Å²) in [4.78, 5) is 27.7. The highest BCUT2D eigenvalue weighted by molar-refractivity contribution is 5.87. The summed E-state index contributed by atoms with van der Waals surface area (Å²) < 4.78 is 1.35. The molecule has 2 aromatic carbocycles. The molecule has 1 N–H and O–H groups in total. The monoisotopic (exact) mass is 466 g/mol. The van der Waals surface area contributed by atoms with E-state index in [2.05, 4.69) is 11.4 Å². The Morgan fingerprint density at radius 2 is 1.51 bits per heavy atom. The topological polar surface area (TPSA) is 87.8 Å². The summed E-state index contributed by atoms with van der Waals surface area (Å²) in [5.41, 5.74) is 1.09. The van der Waals surface area contributed by atoms with Crippen molar-refractivity contribution in [2.24, 2.45) is 0 Å². The number of nitriles is 1. The van der Waals surface area contributed by atoms with Crippen LogP contribution in [0.3, 0.4) is 0 Å². The zero-order valence-corrected chi connectivity index (χ0v) is 19.9. The van der Waals surface area contributed by atoms with Crippen LogP contribution in [0.25, 0.3) is 22.4 Å². The van der Waals surface area contributed by atoms with Crippen molar-refractivity contribution in [3.8, 4) is 28.5 Å². The van der Waals surface area contributed by atoms with Gasteiger partial charge in [0.1, 0.15) is 22.9 Å². The van der Waals surface area contributed by atoms with Gasteiger partial charge in [-0.15, -0.1) is 0 Å². The molecular weight excluding hydrogens is 436 g/mol. The highest BCUT2D eigenvalue weighted by atomic mass is 16.2. The Morgan fingerprint density at radius 3 is 2.11 bits per heavy atom. The lowest BCUT2D eigenvalue weighted by atomic mass is 9.91. The van der Waals surface area contributed by atoms with E-state index in [1.807, 2.05) is 60.7 Å². The van der Waals surface area contributed by atoms with Gasteiger partial charge in [0.15, 0.2) is 0 Å². The average molecular weight is 467 g/mol. The number of carbonyl (C=O) groups is 1. The summed E-state index contributed by atoms with van der Waals surface area (Å²) in [6, 6.07) is 21.3. The fraction of sp³-hybridized carbons (Fsp3) is 0.379. The standard InChI is InChI=1S/C29H30N4O2/c30-20-24-25(21-12-4-1-5-13-21)26(22-14-6-2-7-15-22)32-33(27(24)34)29(18-10-11-19-29)28(35)31-23-16-8-3-9-17-23/h1-2,4-7,12-15,23H,3,8-11,16-19H2,(H,31,35). The molecule has 0 radical (unpaired) electrons. The van der Waals surface area contributed by atoms with Gasteiger partial charge in [-0.05, 0) is 31.2 Å². The van der Waals surface area contributed by atoms with E-state index in [4.69, 9.17) is 5.10 Å². The Bertz CT molecular complexity index is 1300. The summed E-state index contributed by atoms with van der Waals surface area (Å²) >= 11 is 0. The molecule has 6 nitrogen and oxygen atoms in total. The smallest absolute Gasteiger partial charge is 0.286 e. The van der Waals surface area contributed by atoms with Crippen LogP contribution in [-0.4, -0.2) is 21.7 Å². The zero-order valence-electron chi connectivity index (χ0n) is 19.9. The lowest BCUT2D eigenvalue weighted by Crippen LogP contribution is -2.55. The predicted molar refractivity (Wildman–Crippen MR) is 136 cm³/mol. The van der Waals surface area contributed by atoms with E-state index in [9.17, 15) is 14.9 Å². The Balaban J connectivity index is 1.71. The van der Waals surface area contributed by atoms with Gasteiger partial charge in [-0.1, -0.05) is 92.8 Å². The molecule has 0 saturated heterocycles. The molecule has 2 aliphatic carbocycles. The summed E-state index contributed by atoms with van der Waals surface area (Å²) in [6.07, 6.45) is 8.13. The first kappa shape index (κ1) is 23.0. The number of nitrogens with one attached hydrogen (secondary N) is 1. The molecule has 0 aliphatic heterocycles. The molecule has 35 heavy (non-hydrogen) atoms. The molecule has 6 heteroatoms. The predicted octanol–water partition coefficient (Wildman–Crippen LogP) is 5.17. The molecule has 0 unspecified atom stereocenters. The first-order chi connectivity index (χ1) is 17.1. The van der Waals surface area contributed by atoms with Crippen LogP contribution in [0.2, 0.25) is 0 Å². The maximum Gasteiger partial charge on any atom is 0.286 e. The molecule has 0 atom stereocenters. The fourth-order valence-electron chi connectivity index (χ4n) is 5.67. The SMILES string of the molecule is N#Cc1c(-c2ccccc2)c(-c2ccccc2)nn(C2(C(=O)NC3CCCCC3)CCCC2)c1=O. The molecule has 3 aromatic rings. The maximum absolute atomic E-state index is 13.9. The van der Waals surface area contributed by atoms with Gasteiger partial charge in [-0.25, -0.2) is 4.68 Å². The van der Waals surface area contributed by atoms with Crippen molar-refractivity contribution >= 4 is 5.91 Å². The summed E-state index contributed by atoms with van der Waals surface area (Å²) in [6.45, 7) is 0. The number of carbonyl (C=O) groups excluding carboxylic acids is 1. The van der Waals surface area contributed by atoms with Gasteiger partial charge in [0.05, 0.1) is 0 Å². The van der Waals surface area contributed by atoms with Crippen molar-refractivity contribution in [1.29, 1.82) is 5.26 Å². The van der Waals surface area contributed by atoms with Crippen LogP contribution < -0.4 is 10.9 Å². The summed E-state index contributed by atoms with van der Waals surface area (Å²) in [5, 5.41) is 18.3. The van der Waals surface area contributed by atoms with Gasteiger partial charge in [-0.2, -0.15) is 10.4 Å². The lowest BCUT2D eigenvalue weighted by molar-refractivity contribution is -0.131. The summed E-state index contributed by atoms with van der Waals surface area (Å²) in [7, 11) is 0. The van der Waals surface area contributed by atoms with Crippen molar-refractivity contribution in [2.75, 3.05) is 0 Å². The highest BCUT2D eigenvalue weighted by Crippen LogP contribution is 2.38. The van der Waals surface area contributed by atoms with Crippen LogP contribution in [-0.2, 0) is 10.3 Å². The molecule has 0 bridgehead atoms. The van der Waals surface area contributed by atoms with E-state index in [0.717, 1.165) is 49.7 Å². The van der Waals surface area contributed by atoms with Crippen LogP contribution >= 0.6 is 0 Å². The minimum Gasteiger partial charge on any atom is -0.351 e. The van der Waals surface area contributed by atoms with E-state index in [-0.39, 0.29) is 17.5 Å². The highest BCUT2D eigenvalue weighted by Gasteiger charge is 2.46. The van der Waals surface area contributed by atoms with Crippen LogP contribution in [0, 0.1) is 11.3 Å². The Hall–Kier alpha value is -3.72. The third-order valence-electron chi connectivity index (χ3n) is 7.51. The molecule has 2 aliphatic rings. The van der Waals surface area contributed by atoms with Gasteiger partial charge in [0.25, 0.3) is 5.56 Å². The van der Waals surface area contributed by atoms with Gasteiger partial charge >= 0.3 is 0 Å². The van der Waals surface area contributed by atoms with Crippen molar-refractivity contribution in [3.63, 3.8) is 0 Å². The summed E-state index contributed by atoms with van der Waals surface area (Å²) in [5.74, 6) is -0.133. The molecular formula is C29H30N4O2. The Morgan fingerprint density at radius 1 is 0.914 bits per heavy atom. The van der Waals surface area contributed by atoms with Crippen LogP contribution in [0.1, 0.15) is 63.4 Å². The third kappa shape index (κ3) is 4.27. The molecule has 178 valence electrons. The fourth-order valence-corrected chi connectivity index (χ4v) is 5.67. The molecule has 5 rings (SSSR count). The number of rotatable bonds is 5. The van der Waals surface area contributed by atoms with Gasteiger partial charge in [0.2, 0.25) is 5.91 Å². The van der Waals surface area contributed by atoms with Crippen molar-refractivity contribution in [1.82, 2.24) is 15.1 Å². The van der Waals surface area contributed by atoms with Crippen LogP contribution in [0.4, 0.5) is 0 Å². The third-order valence-corrected chi connectivity index (χ3v) is 7.51. The van der Waals surface area contributed by atoms with E-state index in [1.54, 1.807) is 0 Å². The van der Waals surface area contributed by atoms with Crippen LogP contribution in [0.15, 0.2) is 65.5 Å². The minimum atomic E-state index is -1.07. The minimum absolute atomic E-state index is 0.0294. The molecule has 1 amide bonds. The van der Waals surface area contributed by atoms with Gasteiger partial charge in [0, 0.05) is 17.2 Å². The largest absolute Gasteiger partial charge is 0.351 e. The number of nitrogens with zero attached hydrogens (tertiary/aromatic N) is 3. The molecule has 1 aromatic heterocycles. The Labute approximate surface area is 205 Å². The zero-order chi connectivity index (χ0) is 24.3. The van der Waals surface area contributed by atoms with Crippen molar-refractivity contribution < 1.29 is 4.79 Å². The number of aromatic nitrogens is 2. The molecule has 2 saturated carbocycles. The molecule has 1 heterocycles. The second kappa shape index (κ2) is 9.87. The van der Waals surface area contributed by atoms with Crippen LogP contribution in [0.5, 0.6) is 0 Å². The average Bonchev–Trinajstić information content (AvgIpc) is 3.41. The molecule has 0 spiro atoms. The second-order valence-corrected chi connectivity index (χ2v) is 9.71. The number of hydrogen-bond acceptors (Lipinski definition) is 4. The van der Waals surface area contributed by atoms with Gasteiger partial charge < -0.3 is 5.32 Å². The molecule has 2 fully saturated rings. The van der Waals surface area contributed by atoms with Crippen molar-refractivity contribution in [2.45, 2.75) is 69.4 Å². The normalized spacial score (nSPS) is 17.6. The second-order valence-electron chi connectivity index (χ2n) is 9.71. The van der Waals surface area contributed by atoms with E-state index >= 15 is 0 Å². The quantitative estimate of drug-likeness (QED) is 0.562. The van der Waals surface area contributed by atoms with E-state index in [1.165, 1.54) is 11.1 Å². The van der Waals surface area contributed by atoms with E-state index < -0.39 is 11.1 Å². The van der Waals surface area contributed by atoms with E-state index in [0.29, 0.717) is 24.1 Å². The number of amides is 1. The van der Waals surface area contributed by atoms with Gasteiger partial charge in [-0.3, -0.25) is 9.59 Å². The number of benzene rings is 2. The number of hydrogen-bond donors (Lipinski definition) is 1. The first-order valence-electron chi connectivity index (χ1n) is 12.6. The Kier molecular flexibility index (Phi) is 6.50. The van der Waals surface area contributed by atoms with Crippen molar-refractivity contribution in [3.05, 3.63) is 76.6 Å². The first-order valence-corrected chi connectivity index (χ1v) is 12.6. The lowest BCUT2D eigenvalue weighted by Gasteiger charge is -2.33. The maximum atomic E-state index is 13.9.